The van der Waals surface area contributed by atoms with Gasteiger partial charge < -0.3 is 9.73 Å². The molecule has 0 amide bonds. The quantitative estimate of drug-likeness (QED) is 0.809. The van der Waals surface area contributed by atoms with Crippen LogP contribution in [0.5, 0.6) is 0 Å². The van der Waals surface area contributed by atoms with Crippen LogP contribution >= 0.6 is 0 Å². The molecule has 4 nitrogen and oxygen atoms in total. The van der Waals surface area contributed by atoms with Crippen LogP contribution in [0.25, 0.3) is 0 Å². The van der Waals surface area contributed by atoms with Crippen molar-refractivity contribution >= 4 is 0 Å². The molecule has 0 fully saturated rings. The molecule has 80 valence electrons. The SMILES string of the molecule is CCn1cc(CNCc2ccco2)cn1. The zero-order valence-electron chi connectivity index (χ0n) is 8.81. The summed E-state index contributed by atoms with van der Waals surface area (Å²) in [5.41, 5.74) is 1.20. The van der Waals surface area contributed by atoms with E-state index in [9.17, 15) is 0 Å². The van der Waals surface area contributed by atoms with Crippen molar-refractivity contribution in [1.82, 2.24) is 15.1 Å². The Morgan fingerprint density at radius 3 is 3.07 bits per heavy atom. The van der Waals surface area contributed by atoms with Crippen molar-refractivity contribution < 1.29 is 4.42 Å². The average Bonchev–Trinajstić information content (AvgIpc) is 2.88. The molecule has 2 rings (SSSR count). The van der Waals surface area contributed by atoms with E-state index in [2.05, 4.69) is 23.5 Å². The minimum atomic E-state index is 0.754. The topological polar surface area (TPSA) is 43.0 Å². The van der Waals surface area contributed by atoms with E-state index in [0.717, 1.165) is 25.4 Å². The number of rotatable bonds is 5. The number of nitrogens with one attached hydrogen (secondary N) is 1. The van der Waals surface area contributed by atoms with Gasteiger partial charge in [-0.1, -0.05) is 0 Å². The largest absolute Gasteiger partial charge is 0.468 e. The molecule has 0 saturated heterocycles. The summed E-state index contributed by atoms with van der Waals surface area (Å²) >= 11 is 0. The number of furan rings is 1. The first-order chi connectivity index (χ1) is 7.38. The van der Waals surface area contributed by atoms with Gasteiger partial charge >= 0.3 is 0 Å². The normalized spacial score (nSPS) is 10.7. The van der Waals surface area contributed by atoms with E-state index in [-0.39, 0.29) is 0 Å². The summed E-state index contributed by atoms with van der Waals surface area (Å²) in [5, 5.41) is 7.50. The van der Waals surface area contributed by atoms with Crippen molar-refractivity contribution in [2.24, 2.45) is 0 Å². The molecule has 4 heteroatoms. The standard InChI is InChI=1S/C11H15N3O/c1-2-14-9-10(7-13-14)6-12-8-11-4-3-5-15-11/h3-5,7,9,12H,2,6,8H2,1H3. The Morgan fingerprint density at radius 1 is 1.47 bits per heavy atom. The first-order valence-electron chi connectivity index (χ1n) is 5.13. The smallest absolute Gasteiger partial charge is 0.117 e. The number of aromatic nitrogens is 2. The van der Waals surface area contributed by atoms with E-state index in [0.29, 0.717) is 0 Å². The Bertz CT molecular complexity index is 392. The molecule has 1 N–H and O–H groups in total. The highest BCUT2D eigenvalue weighted by atomic mass is 16.3. The highest BCUT2D eigenvalue weighted by molar-refractivity contribution is 5.04. The molecule has 0 aliphatic heterocycles. The van der Waals surface area contributed by atoms with E-state index in [4.69, 9.17) is 4.42 Å². The number of hydrogen-bond donors (Lipinski definition) is 1. The van der Waals surface area contributed by atoms with Crippen molar-refractivity contribution in [2.75, 3.05) is 0 Å². The number of nitrogens with zero attached hydrogens (tertiary/aromatic N) is 2. The maximum atomic E-state index is 5.21. The molecule has 0 spiro atoms. The Labute approximate surface area is 88.9 Å². The summed E-state index contributed by atoms with van der Waals surface area (Å²) in [4.78, 5) is 0. The van der Waals surface area contributed by atoms with Crippen LogP contribution < -0.4 is 5.32 Å². The van der Waals surface area contributed by atoms with Crippen LogP contribution in [0.2, 0.25) is 0 Å². The zero-order chi connectivity index (χ0) is 10.5. The third-order valence-corrected chi connectivity index (χ3v) is 2.22. The van der Waals surface area contributed by atoms with Crippen molar-refractivity contribution in [3.8, 4) is 0 Å². The second-order valence-electron chi connectivity index (χ2n) is 3.39. The van der Waals surface area contributed by atoms with E-state index < -0.39 is 0 Å². The first-order valence-corrected chi connectivity index (χ1v) is 5.13. The maximum Gasteiger partial charge on any atom is 0.117 e. The van der Waals surface area contributed by atoms with Gasteiger partial charge in [0, 0.05) is 24.8 Å². The van der Waals surface area contributed by atoms with Crippen LogP contribution in [-0.2, 0) is 19.6 Å². The molecule has 0 atom stereocenters. The molecule has 0 aliphatic carbocycles. The predicted molar refractivity (Wildman–Crippen MR) is 57.2 cm³/mol. The molecular formula is C11H15N3O. The molecule has 0 radical (unpaired) electrons. The van der Waals surface area contributed by atoms with Crippen molar-refractivity contribution in [3.63, 3.8) is 0 Å². The van der Waals surface area contributed by atoms with E-state index in [1.165, 1.54) is 5.56 Å². The second-order valence-corrected chi connectivity index (χ2v) is 3.39. The lowest BCUT2D eigenvalue weighted by Gasteiger charge is -1.99. The molecule has 2 aromatic heterocycles. The van der Waals surface area contributed by atoms with Gasteiger partial charge in [-0.25, -0.2) is 0 Å². The van der Waals surface area contributed by atoms with E-state index >= 15 is 0 Å². The highest BCUT2D eigenvalue weighted by Crippen LogP contribution is 2.01. The van der Waals surface area contributed by atoms with Gasteiger partial charge in [-0.2, -0.15) is 5.10 Å². The van der Waals surface area contributed by atoms with Crippen molar-refractivity contribution in [3.05, 3.63) is 42.1 Å². The summed E-state index contributed by atoms with van der Waals surface area (Å²) in [5.74, 6) is 0.956. The van der Waals surface area contributed by atoms with Gasteiger partial charge in [0.05, 0.1) is 19.0 Å². The Kier molecular flexibility index (Phi) is 3.19. The van der Waals surface area contributed by atoms with E-state index in [1.54, 1.807) is 6.26 Å². The van der Waals surface area contributed by atoms with Crippen LogP contribution in [0.3, 0.4) is 0 Å². The molecule has 2 heterocycles. The van der Waals surface area contributed by atoms with Gasteiger partial charge in [-0.05, 0) is 19.1 Å². The molecular weight excluding hydrogens is 190 g/mol. The van der Waals surface area contributed by atoms with Gasteiger partial charge in [-0.15, -0.1) is 0 Å². The molecule has 15 heavy (non-hydrogen) atoms. The molecule has 0 saturated carbocycles. The molecule has 2 aromatic rings. The fourth-order valence-electron chi connectivity index (χ4n) is 1.41. The Balaban J connectivity index is 1.78. The van der Waals surface area contributed by atoms with Crippen molar-refractivity contribution in [2.45, 2.75) is 26.6 Å². The van der Waals surface area contributed by atoms with Crippen LogP contribution in [0.15, 0.2) is 35.2 Å². The first kappa shape index (κ1) is 9.98. The fourth-order valence-corrected chi connectivity index (χ4v) is 1.41. The Morgan fingerprint density at radius 2 is 2.40 bits per heavy atom. The fraction of sp³-hybridized carbons (Fsp3) is 0.364. The molecule has 0 aromatic carbocycles. The van der Waals surface area contributed by atoms with Crippen molar-refractivity contribution in [1.29, 1.82) is 0 Å². The minimum absolute atomic E-state index is 0.754. The summed E-state index contributed by atoms with van der Waals surface area (Å²) in [7, 11) is 0. The lowest BCUT2D eigenvalue weighted by molar-refractivity contribution is 0.483. The Hall–Kier alpha value is -1.55. The lowest BCUT2D eigenvalue weighted by Crippen LogP contribution is -2.11. The van der Waals surface area contributed by atoms with Crippen LogP contribution in [0, 0.1) is 0 Å². The van der Waals surface area contributed by atoms with Crippen LogP contribution in [-0.4, -0.2) is 9.78 Å². The third kappa shape index (κ3) is 2.70. The van der Waals surface area contributed by atoms with Gasteiger partial charge in [0.1, 0.15) is 5.76 Å². The van der Waals surface area contributed by atoms with Crippen LogP contribution in [0.1, 0.15) is 18.2 Å². The van der Waals surface area contributed by atoms with E-state index in [1.807, 2.05) is 23.0 Å². The second kappa shape index (κ2) is 4.79. The summed E-state index contributed by atoms with van der Waals surface area (Å²) in [6.07, 6.45) is 5.62. The maximum absolute atomic E-state index is 5.21. The number of aryl methyl sites for hydroxylation is 1. The summed E-state index contributed by atoms with van der Waals surface area (Å²) < 4.78 is 7.14. The van der Waals surface area contributed by atoms with Gasteiger partial charge in [0.2, 0.25) is 0 Å². The summed E-state index contributed by atoms with van der Waals surface area (Å²) in [6, 6.07) is 3.86. The zero-order valence-corrected chi connectivity index (χ0v) is 8.81. The molecule has 0 aliphatic rings. The average molecular weight is 205 g/mol. The van der Waals surface area contributed by atoms with Crippen LogP contribution in [0.4, 0.5) is 0 Å². The summed E-state index contributed by atoms with van der Waals surface area (Å²) in [6.45, 7) is 4.57. The minimum Gasteiger partial charge on any atom is -0.468 e. The van der Waals surface area contributed by atoms with Gasteiger partial charge in [0.15, 0.2) is 0 Å². The number of hydrogen-bond acceptors (Lipinski definition) is 3. The lowest BCUT2D eigenvalue weighted by atomic mass is 10.3. The van der Waals surface area contributed by atoms with Gasteiger partial charge in [-0.3, -0.25) is 4.68 Å². The molecule has 0 unspecified atom stereocenters. The highest BCUT2D eigenvalue weighted by Gasteiger charge is 1.98. The monoisotopic (exact) mass is 205 g/mol. The predicted octanol–water partition coefficient (Wildman–Crippen LogP) is 1.79. The van der Waals surface area contributed by atoms with Gasteiger partial charge in [0.25, 0.3) is 0 Å². The third-order valence-electron chi connectivity index (χ3n) is 2.22. The molecule has 0 bridgehead atoms.